The first-order chi connectivity index (χ1) is 8.31. The second-order valence-corrected chi connectivity index (χ2v) is 3.89. The van der Waals surface area contributed by atoms with E-state index in [-0.39, 0.29) is 6.61 Å². The van der Waals surface area contributed by atoms with E-state index in [1.54, 1.807) is 0 Å². The minimum Gasteiger partial charge on any atom is -0.390 e. The first-order valence-electron chi connectivity index (χ1n) is 5.94. The van der Waals surface area contributed by atoms with Crippen LogP contribution in [0, 0.1) is 0 Å². The number of para-hydroxylation sites is 1. The predicted molar refractivity (Wildman–Crippen MR) is 66.0 cm³/mol. The van der Waals surface area contributed by atoms with E-state index in [0.29, 0.717) is 5.69 Å². The van der Waals surface area contributed by atoms with Crippen molar-refractivity contribution in [2.45, 2.75) is 33.3 Å². The molecule has 90 valence electrons. The zero-order valence-corrected chi connectivity index (χ0v) is 10.2. The van der Waals surface area contributed by atoms with Crippen molar-refractivity contribution in [2.75, 3.05) is 0 Å². The molecule has 1 aromatic carbocycles. The molecule has 1 heterocycles. The Morgan fingerprint density at radius 1 is 1.18 bits per heavy atom. The van der Waals surface area contributed by atoms with Crippen LogP contribution in [0.1, 0.15) is 30.8 Å². The third kappa shape index (κ3) is 2.08. The van der Waals surface area contributed by atoms with Crippen molar-refractivity contribution in [2.24, 2.45) is 0 Å². The first kappa shape index (κ1) is 11.8. The summed E-state index contributed by atoms with van der Waals surface area (Å²) in [5, 5.41) is 17.4. The molecule has 0 aliphatic heterocycles. The van der Waals surface area contributed by atoms with Crippen LogP contribution in [0.25, 0.3) is 5.69 Å². The third-order valence-corrected chi connectivity index (χ3v) is 2.93. The van der Waals surface area contributed by atoms with E-state index in [4.69, 9.17) is 0 Å². The average molecular weight is 231 g/mol. The third-order valence-electron chi connectivity index (χ3n) is 2.93. The summed E-state index contributed by atoms with van der Waals surface area (Å²) in [4.78, 5) is 0. The van der Waals surface area contributed by atoms with E-state index < -0.39 is 0 Å². The highest BCUT2D eigenvalue weighted by molar-refractivity contribution is 5.41. The Labute approximate surface area is 101 Å². The minimum absolute atomic E-state index is 0.0581. The van der Waals surface area contributed by atoms with E-state index in [2.05, 4.69) is 23.3 Å². The lowest BCUT2D eigenvalue weighted by Crippen LogP contribution is -2.05. The number of aliphatic hydroxyl groups is 1. The zero-order chi connectivity index (χ0) is 12.3. The van der Waals surface area contributed by atoms with Crippen LogP contribution in [0.2, 0.25) is 0 Å². The largest absolute Gasteiger partial charge is 0.390 e. The van der Waals surface area contributed by atoms with Crippen LogP contribution >= 0.6 is 0 Å². The van der Waals surface area contributed by atoms with Crippen LogP contribution in [-0.2, 0) is 19.4 Å². The Morgan fingerprint density at radius 3 is 2.59 bits per heavy atom. The summed E-state index contributed by atoms with van der Waals surface area (Å²) >= 11 is 0. The quantitative estimate of drug-likeness (QED) is 0.874. The number of nitrogens with zero attached hydrogens (tertiary/aromatic N) is 3. The number of aromatic nitrogens is 3. The molecule has 0 saturated carbocycles. The molecule has 0 fully saturated rings. The topological polar surface area (TPSA) is 50.9 Å². The molecule has 2 aromatic rings. The van der Waals surface area contributed by atoms with Crippen LogP contribution in [0.5, 0.6) is 0 Å². The molecule has 4 heteroatoms. The maximum atomic E-state index is 9.22. The summed E-state index contributed by atoms with van der Waals surface area (Å²) in [7, 11) is 0. The van der Waals surface area contributed by atoms with E-state index in [1.807, 2.05) is 29.8 Å². The molecular formula is C13H17N3O. The van der Waals surface area contributed by atoms with E-state index >= 15 is 0 Å². The Balaban J connectivity index is 2.56. The number of hydrogen-bond acceptors (Lipinski definition) is 3. The molecule has 0 atom stereocenters. The second-order valence-electron chi connectivity index (χ2n) is 3.89. The van der Waals surface area contributed by atoms with Crippen LogP contribution in [0.15, 0.2) is 24.3 Å². The van der Waals surface area contributed by atoms with Crippen molar-refractivity contribution in [1.82, 2.24) is 15.0 Å². The number of hydrogen-bond donors (Lipinski definition) is 1. The van der Waals surface area contributed by atoms with Gasteiger partial charge in [0.15, 0.2) is 0 Å². The van der Waals surface area contributed by atoms with Gasteiger partial charge in [-0.3, -0.25) is 0 Å². The predicted octanol–water partition coefficient (Wildman–Crippen LogP) is 1.88. The molecular weight excluding hydrogens is 214 g/mol. The number of aliphatic hydroxyl groups excluding tert-OH is 1. The van der Waals surface area contributed by atoms with Crippen molar-refractivity contribution in [3.63, 3.8) is 0 Å². The number of rotatable bonds is 4. The molecule has 0 amide bonds. The summed E-state index contributed by atoms with van der Waals surface area (Å²) < 4.78 is 1.84. The zero-order valence-electron chi connectivity index (χ0n) is 10.2. The van der Waals surface area contributed by atoms with Gasteiger partial charge in [-0.2, -0.15) is 0 Å². The number of benzene rings is 1. The van der Waals surface area contributed by atoms with E-state index in [1.165, 1.54) is 5.56 Å². The fourth-order valence-electron chi connectivity index (χ4n) is 2.02. The average Bonchev–Trinajstić information content (AvgIpc) is 2.81. The smallest absolute Gasteiger partial charge is 0.112 e. The summed E-state index contributed by atoms with van der Waals surface area (Å²) in [6, 6.07) is 8.15. The van der Waals surface area contributed by atoms with Gasteiger partial charge < -0.3 is 5.11 Å². The van der Waals surface area contributed by atoms with Gasteiger partial charge in [-0.1, -0.05) is 37.3 Å². The van der Waals surface area contributed by atoms with Gasteiger partial charge in [0.25, 0.3) is 0 Å². The van der Waals surface area contributed by atoms with E-state index in [0.717, 1.165) is 24.2 Å². The summed E-state index contributed by atoms with van der Waals surface area (Å²) in [6.07, 6.45) is 1.76. The van der Waals surface area contributed by atoms with Gasteiger partial charge in [0.05, 0.1) is 18.0 Å². The monoisotopic (exact) mass is 231 g/mol. The SMILES string of the molecule is CCc1ccccc1-n1nnc(CO)c1CC. The fourth-order valence-corrected chi connectivity index (χ4v) is 2.02. The van der Waals surface area contributed by atoms with E-state index in [9.17, 15) is 5.11 Å². The molecule has 0 saturated heterocycles. The highest BCUT2D eigenvalue weighted by Crippen LogP contribution is 2.18. The van der Waals surface area contributed by atoms with Gasteiger partial charge in [-0.05, 0) is 24.5 Å². The number of aryl methyl sites for hydroxylation is 1. The summed E-state index contributed by atoms with van der Waals surface area (Å²) in [5.74, 6) is 0. The Hall–Kier alpha value is -1.68. The second kappa shape index (κ2) is 5.10. The standard InChI is InChI=1S/C13H17N3O/c1-3-10-7-5-6-8-13(10)16-12(4-2)11(9-17)14-15-16/h5-8,17H,3-4,9H2,1-2H3. The Bertz CT molecular complexity index is 505. The molecule has 1 aromatic heterocycles. The lowest BCUT2D eigenvalue weighted by atomic mass is 10.1. The van der Waals surface area contributed by atoms with Crippen molar-refractivity contribution in [3.05, 3.63) is 41.2 Å². The molecule has 0 aliphatic rings. The molecule has 0 radical (unpaired) electrons. The maximum absolute atomic E-state index is 9.22. The van der Waals surface area contributed by atoms with Gasteiger partial charge in [-0.25, -0.2) is 4.68 Å². The normalized spacial score (nSPS) is 10.8. The lowest BCUT2D eigenvalue weighted by molar-refractivity contribution is 0.275. The van der Waals surface area contributed by atoms with Crippen molar-refractivity contribution >= 4 is 0 Å². The molecule has 0 spiro atoms. The van der Waals surface area contributed by atoms with Crippen LogP contribution in [-0.4, -0.2) is 20.1 Å². The molecule has 0 bridgehead atoms. The fraction of sp³-hybridized carbons (Fsp3) is 0.385. The Kier molecular flexibility index (Phi) is 3.54. The molecule has 4 nitrogen and oxygen atoms in total. The molecule has 0 aliphatic carbocycles. The van der Waals surface area contributed by atoms with Gasteiger partial charge in [0, 0.05) is 0 Å². The summed E-state index contributed by atoms with van der Waals surface area (Å²) in [6.45, 7) is 4.11. The highest BCUT2D eigenvalue weighted by Gasteiger charge is 2.13. The van der Waals surface area contributed by atoms with Crippen LogP contribution < -0.4 is 0 Å². The minimum atomic E-state index is -0.0581. The molecule has 1 N–H and O–H groups in total. The van der Waals surface area contributed by atoms with Gasteiger partial charge >= 0.3 is 0 Å². The molecule has 17 heavy (non-hydrogen) atoms. The molecule has 0 unspecified atom stereocenters. The van der Waals surface area contributed by atoms with Gasteiger partial charge in [0.1, 0.15) is 5.69 Å². The molecule has 2 rings (SSSR count). The lowest BCUT2D eigenvalue weighted by Gasteiger charge is -2.09. The maximum Gasteiger partial charge on any atom is 0.112 e. The Morgan fingerprint density at radius 2 is 1.94 bits per heavy atom. The van der Waals surface area contributed by atoms with Crippen LogP contribution in [0.3, 0.4) is 0 Å². The highest BCUT2D eigenvalue weighted by atomic mass is 16.3. The van der Waals surface area contributed by atoms with Gasteiger partial charge in [0.2, 0.25) is 0 Å². The van der Waals surface area contributed by atoms with Crippen molar-refractivity contribution in [1.29, 1.82) is 0 Å². The van der Waals surface area contributed by atoms with Crippen LogP contribution in [0.4, 0.5) is 0 Å². The summed E-state index contributed by atoms with van der Waals surface area (Å²) in [5.41, 5.74) is 3.93. The van der Waals surface area contributed by atoms with Crippen molar-refractivity contribution < 1.29 is 5.11 Å². The van der Waals surface area contributed by atoms with Gasteiger partial charge in [-0.15, -0.1) is 5.10 Å². The van der Waals surface area contributed by atoms with Crippen molar-refractivity contribution in [3.8, 4) is 5.69 Å². The first-order valence-corrected chi connectivity index (χ1v) is 5.94.